The van der Waals surface area contributed by atoms with Gasteiger partial charge in [-0.1, -0.05) is 77.6 Å². The van der Waals surface area contributed by atoms with Gasteiger partial charge in [-0.2, -0.15) is 8.42 Å². The molecule has 7 heteroatoms. The summed E-state index contributed by atoms with van der Waals surface area (Å²) in [5, 5.41) is 2.95. The van der Waals surface area contributed by atoms with Gasteiger partial charge in [0.15, 0.2) is 0 Å². The maximum Gasteiger partial charge on any atom is 0.294 e. The Morgan fingerprint density at radius 3 is 1.38 bits per heavy atom. The summed E-state index contributed by atoms with van der Waals surface area (Å²) < 4.78 is 44.4. The second-order valence-electron chi connectivity index (χ2n) is 10.4. The van der Waals surface area contributed by atoms with Crippen molar-refractivity contribution in [3.8, 4) is 11.5 Å². The van der Waals surface area contributed by atoms with Gasteiger partial charge < -0.3 is 14.0 Å². The molecule has 6 nitrogen and oxygen atoms in total. The van der Waals surface area contributed by atoms with Crippen molar-refractivity contribution in [1.82, 2.24) is 0 Å². The molecule has 0 spiro atoms. The molecule has 0 unspecified atom stereocenters. The number of quaternary nitrogens is 1. The van der Waals surface area contributed by atoms with Crippen LogP contribution in [-0.2, 0) is 10.1 Å². The van der Waals surface area contributed by atoms with Crippen molar-refractivity contribution in [3.05, 3.63) is 42.5 Å². The molecule has 1 N–H and O–H groups in total. The minimum atomic E-state index is -4.29. The van der Waals surface area contributed by atoms with Crippen LogP contribution in [0.15, 0.2) is 47.4 Å². The predicted octanol–water partition coefficient (Wildman–Crippen LogP) is 8.26. The average molecular weight is 561 g/mol. The van der Waals surface area contributed by atoms with Gasteiger partial charge in [0.1, 0.15) is 11.5 Å². The van der Waals surface area contributed by atoms with Crippen LogP contribution in [0.25, 0.3) is 21.5 Å². The summed E-state index contributed by atoms with van der Waals surface area (Å²) in [4.78, 5) is -0.185. The van der Waals surface area contributed by atoms with E-state index in [9.17, 15) is 13.0 Å². The molecular formula is C32H50NO5S+. The molecule has 0 amide bonds. The van der Waals surface area contributed by atoms with Crippen LogP contribution in [-0.4, -0.2) is 57.9 Å². The first-order valence-corrected chi connectivity index (χ1v) is 16.0. The molecule has 3 aromatic carbocycles. The van der Waals surface area contributed by atoms with Crippen molar-refractivity contribution in [2.75, 3.05) is 40.4 Å². The normalized spacial score (nSPS) is 11.9. The Kier molecular flexibility index (Phi) is 13.5. The summed E-state index contributed by atoms with van der Waals surface area (Å²) in [5.41, 5.74) is 0. The largest absolute Gasteiger partial charge is 0.495 e. The Labute approximate surface area is 236 Å². The summed E-state index contributed by atoms with van der Waals surface area (Å²) >= 11 is 0. The highest BCUT2D eigenvalue weighted by atomic mass is 32.2. The molecule has 0 aromatic heterocycles. The van der Waals surface area contributed by atoms with Crippen LogP contribution < -0.4 is 9.47 Å². The van der Waals surface area contributed by atoms with Crippen molar-refractivity contribution in [3.63, 3.8) is 0 Å². The molecule has 0 radical (unpaired) electrons. The highest BCUT2D eigenvalue weighted by Gasteiger charge is 2.24. The number of nitrogens with zero attached hydrogens (tertiary/aromatic N) is 1. The fourth-order valence-corrected chi connectivity index (χ4v) is 5.83. The van der Waals surface area contributed by atoms with E-state index in [0.29, 0.717) is 22.3 Å². The van der Waals surface area contributed by atoms with E-state index in [4.69, 9.17) is 9.47 Å². The lowest BCUT2D eigenvalue weighted by Crippen LogP contribution is -2.50. The van der Waals surface area contributed by atoms with Crippen molar-refractivity contribution in [2.45, 2.75) is 84.0 Å². The lowest BCUT2D eigenvalue weighted by Gasteiger charge is -2.39. The monoisotopic (exact) mass is 560 g/mol. The Bertz CT molecular complexity index is 1240. The first-order chi connectivity index (χ1) is 18.7. The summed E-state index contributed by atoms with van der Waals surface area (Å²) in [6.45, 7) is 15.0. The van der Waals surface area contributed by atoms with Crippen molar-refractivity contribution >= 4 is 31.7 Å². The quantitative estimate of drug-likeness (QED) is 0.115. The highest BCUT2D eigenvalue weighted by Crippen LogP contribution is 2.43. The minimum Gasteiger partial charge on any atom is -0.495 e. The van der Waals surface area contributed by atoms with Crippen molar-refractivity contribution in [1.29, 1.82) is 0 Å². The topological polar surface area (TPSA) is 72.8 Å². The number of unbranched alkanes of at least 4 members (excludes halogenated alkanes) is 4. The maximum atomic E-state index is 11.4. The Morgan fingerprint density at radius 2 is 1.03 bits per heavy atom. The highest BCUT2D eigenvalue weighted by molar-refractivity contribution is 7.85. The molecular weight excluding hydrogens is 510 g/mol. The zero-order chi connectivity index (χ0) is 28.9. The van der Waals surface area contributed by atoms with E-state index in [0.717, 1.165) is 10.8 Å². The third kappa shape index (κ3) is 8.82. The first-order valence-electron chi connectivity index (χ1n) is 14.6. The third-order valence-electron chi connectivity index (χ3n) is 7.55. The number of benzene rings is 3. The van der Waals surface area contributed by atoms with E-state index in [-0.39, 0.29) is 4.90 Å². The van der Waals surface area contributed by atoms with Crippen LogP contribution in [0, 0.1) is 0 Å². The summed E-state index contributed by atoms with van der Waals surface area (Å²) in [6.07, 6.45) is 11.1. The molecule has 0 aliphatic rings. The van der Waals surface area contributed by atoms with Crippen LogP contribution in [0.4, 0.5) is 0 Å². The van der Waals surface area contributed by atoms with Gasteiger partial charge >= 0.3 is 0 Å². The lowest BCUT2D eigenvalue weighted by molar-refractivity contribution is -0.929. The van der Waals surface area contributed by atoms with Gasteiger partial charge in [-0.15, -0.1) is 0 Å². The second-order valence-corrected chi connectivity index (χ2v) is 11.9. The van der Waals surface area contributed by atoms with Crippen LogP contribution in [0.2, 0.25) is 0 Å². The molecule has 0 aliphatic carbocycles. The lowest BCUT2D eigenvalue weighted by atomic mass is 10.0. The van der Waals surface area contributed by atoms with E-state index >= 15 is 0 Å². The smallest absolute Gasteiger partial charge is 0.294 e. The fourth-order valence-electron chi connectivity index (χ4n) is 5.32. The molecule has 3 rings (SSSR count). The zero-order valence-electron chi connectivity index (χ0n) is 25.0. The van der Waals surface area contributed by atoms with E-state index < -0.39 is 10.1 Å². The van der Waals surface area contributed by atoms with Crippen LogP contribution in [0.5, 0.6) is 11.5 Å². The van der Waals surface area contributed by atoms with Crippen molar-refractivity contribution in [2.24, 2.45) is 0 Å². The van der Waals surface area contributed by atoms with Gasteiger partial charge in [-0.05, 0) is 43.9 Å². The summed E-state index contributed by atoms with van der Waals surface area (Å²) in [7, 11) is -1.21. The number of hydrogen-bond donors (Lipinski definition) is 1. The molecule has 0 atom stereocenters. The number of rotatable bonds is 15. The van der Waals surface area contributed by atoms with Gasteiger partial charge in [0.2, 0.25) is 0 Å². The van der Waals surface area contributed by atoms with Crippen LogP contribution in [0.3, 0.4) is 0 Å². The van der Waals surface area contributed by atoms with Gasteiger partial charge in [-0.25, -0.2) is 0 Å². The standard InChI is InChI=1S/C16H36N.C16H14O5S/c1-5-9-13-17(14-10-6-2,15-11-7-3)16-12-8-4;1-20-15-11-5-3-4-6-12(11)16(21-2)14-9-10(22(17,18)19)7-8-13(14)15/h5-16H2,1-4H3;3-9H,1-2H3,(H,17,18,19)/q+1;. The third-order valence-corrected chi connectivity index (χ3v) is 8.40. The number of hydrogen-bond acceptors (Lipinski definition) is 4. The second kappa shape index (κ2) is 16.0. The van der Waals surface area contributed by atoms with E-state index in [1.807, 2.05) is 24.3 Å². The van der Waals surface area contributed by atoms with Crippen LogP contribution >= 0.6 is 0 Å². The fraction of sp³-hybridized carbons (Fsp3) is 0.562. The molecule has 0 aliphatic heterocycles. The van der Waals surface area contributed by atoms with Crippen molar-refractivity contribution < 1.29 is 26.9 Å². The van der Waals surface area contributed by atoms with E-state index in [1.165, 1.54) is 101 Å². The SMILES string of the molecule is CCCC[N+](CCCC)(CCCC)CCCC.COc1c2ccccc2c(OC)c2cc(S(=O)(=O)O)ccc12. The molecule has 218 valence electrons. The molecule has 0 saturated carbocycles. The van der Waals surface area contributed by atoms with E-state index in [1.54, 1.807) is 13.2 Å². The zero-order valence-corrected chi connectivity index (χ0v) is 25.8. The van der Waals surface area contributed by atoms with Crippen LogP contribution in [0.1, 0.15) is 79.1 Å². The Hall–Kier alpha value is -2.35. The van der Waals surface area contributed by atoms with Gasteiger partial charge in [0.25, 0.3) is 10.1 Å². The molecule has 0 heterocycles. The van der Waals surface area contributed by atoms with E-state index in [2.05, 4.69) is 27.7 Å². The molecule has 0 bridgehead atoms. The summed E-state index contributed by atoms with van der Waals surface area (Å²) in [6, 6.07) is 11.9. The number of ether oxygens (including phenoxy) is 2. The summed E-state index contributed by atoms with van der Waals surface area (Å²) in [5.74, 6) is 1.17. The minimum absolute atomic E-state index is 0.185. The maximum absolute atomic E-state index is 11.4. The molecule has 0 fully saturated rings. The molecule has 39 heavy (non-hydrogen) atoms. The van der Waals surface area contributed by atoms with Gasteiger partial charge in [-0.3, -0.25) is 4.55 Å². The van der Waals surface area contributed by atoms with Gasteiger partial charge in [0.05, 0.1) is 45.3 Å². The molecule has 3 aromatic rings. The predicted molar refractivity (Wildman–Crippen MR) is 164 cm³/mol. The molecule has 0 saturated heterocycles. The Balaban J connectivity index is 0.000000285. The van der Waals surface area contributed by atoms with Gasteiger partial charge in [0, 0.05) is 21.5 Å². The Morgan fingerprint density at radius 1 is 0.641 bits per heavy atom. The number of fused-ring (bicyclic) bond motifs is 2. The first kappa shape index (κ1) is 32.9. The average Bonchev–Trinajstić information content (AvgIpc) is 2.94. The number of methoxy groups -OCH3 is 2.